The van der Waals surface area contributed by atoms with Crippen LogP contribution in [0.2, 0.25) is 0 Å². The molecule has 1 unspecified atom stereocenters. The molecule has 100 valence electrons. The van der Waals surface area contributed by atoms with Crippen LogP contribution in [0.4, 0.5) is 5.69 Å². The smallest absolute Gasteiger partial charge is 0.256 e. The van der Waals surface area contributed by atoms with E-state index in [1.165, 1.54) is 0 Å². The third-order valence-electron chi connectivity index (χ3n) is 3.33. The number of amides is 1. The summed E-state index contributed by atoms with van der Waals surface area (Å²) in [5, 5.41) is 9.19. The van der Waals surface area contributed by atoms with E-state index in [-0.39, 0.29) is 5.91 Å². The topological polar surface area (TPSA) is 53.3 Å². The first-order chi connectivity index (χ1) is 9.22. The van der Waals surface area contributed by atoms with Crippen molar-refractivity contribution in [2.45, 2.75) is 32.8 Å². The monoisotopic (exact) mass is 258 g/mol. The van der Waals surface area contributed by atoms with Gasteiger partial charge in [0.2, 0.25) is 0 Å². The summed E-state index contributed by atoms with van der Waals surface area (Å²) in [5.74, 6) is -0.00135. The van der Waals surface area contributed by atoms with Crippen LogP contribution >= 0.6 is 0 Å². The zero-order chi connectivity index (χ0) is 13.8. The lowest BCUT2D eigenvalue weighted by atomic mass is 9.94. The van der Waals surface area contributed by atoms with E-state index in [1.54, 1.807) is 11.0 Å². The van der Waals surface area contributed by atoms with Gasteiger partial charge in [0, 0.05) is 25.3 Å². The zero-order valence-electron chi connectivity index (χ0n) is 11.3. The number of carbonyl (C=O) groups is 1. The lowest BCUT2D eigenvalue weighted by Gasteiger charge is -2.33. The van der Waals surface area contributed by atoms with E-state index < -0.39 is 6.10 Å². The van der Waals surface area contributed by atoms with Crippen LogP contribution in [0.5, 0.6) is 0 Å². The van der Waals surface area contributed by atoms with E-state index in [0.29, 0.717) is 25.1 Å². The summed E-state index contributed by atoms with van der Waals surface area (Å²) in [4.78, 5) is 14.1. The van der Waals surface area contributed by atoms with Gasteiger partial charge in [-0.2, -0.15) is 5.26 Å². The van der Waals surface area contributed by atoms with Crippen LogP contribution in [-0.4, -0.2) is 25.2 Å². The number of nitriles is 1. The molecule has 0 bridgehead atoms. The van der Waals surface area contributed by atoms with Crippen molar-refractivity contribution in [3.63, 3.8) is 0 Å². The first-order valence-corrected chi connectivity index (χ1v) is 6.67. The van der Waals surface area contributed by atoms with E-state index in [9.17, 15) is 10.1 Å². The number of likely N-dealkylation sites (N-methyl/N-ethyl adjacent to an activating group) is 1. The van der Waals surface area contributed by atoms with Crippen LogP contribution in [-0.2, 0) is 16.0 Å². The fourth-order valence-corrected chi connectivity index (χ4v) is 2.43. The number of carbonyl (C=O) groups excluding carboxylic acids is 1. The molecular formula is C15H18N2O2. The Morgan fingerprint density at radius 2 is 2.26 bits per heavy atom. The highest BCUT2D eigenvalue weighted by atomic mass is 16.5. The fraction of sp³-hybridized carbons (Fsp3) is 0.467. The van der Waals surface area contributed by atoms with Crippen LogP contribution in [0.1, 0.15) is 31.4 Å². The molecule has 1 aromatic rings. The van der Waals surface area contributed by atoms with Crippen LogP contribution in [0.25, 0.3) is 0 Å². The van der Waals surface area contributed by atoms with Crippen molar-refractivity contribution in [1.29, 1.82) is 5.26 Å². The normalized spacial score (nSPS) is 18.1. The van der Waals surface area contributed by atoms with E-state index in [2.05, 4.69) is 6.07 Å². The molecule has 1 amide bonds. The maximum Gasteiger partial charge on any atom is 0.256 e. The van der Waals surface area contributed by atoms with Gasteiger partial charge in [0.1, 0.15) is 6.10 Å². The number of fused-ring (bicyclic) bond motifs is 1. The Bertz CT molecular complexity index is 519. The van der Waals surface area contributed by atoms with E-state index in [0.717, 1.165) is 17.7 Å². The summed E-state index contributed by atoms with van der Waals surface area (Å²) in [6, 6.07) is 7.71. The molecule has 1 aliphatic heterocycles. The number of hydrogen-bond donors (Lipinski definition) is 0. The quantitative estimate of drug-likeness (QED) is 0.832. The summed E-state index contributed by atoms with van der Waals surface area (Å²) in [6.07, 6.45) is 0.916. The molecule has 0 N–H and O–H groups in total. The Kier molecular flexibility index (Phi) is 4.18. The second kappa shape index (κ2) is 5.85. The minimum Gasteiger partial charge on any atom is -0.368 e. The summed E-state index contributed by atoms with van der Waals surface area (Å²) in [6.45, 7) is 5.10. The Hall–Kier alpha value is -1.86. The van der Waals surface area contributed by atoms with Crippen LogP contribution in [0, 0.1) is 11.3 Å². The molecule has 2 rings (SSSR count). The number of hydrogen-bond acceptors (Lipinski definition) is 3. The first kappa shape index (κ1) is 13.6. The minimum absolute atomic E-state index is 0.00135. The molecule has 1 aliphatic rings. The van der Waals surface area contributed by atoms with Crippen molar-refractivity contribution in [3.05, 3.63) is 29.3 Å². The van der Waals surface area contributed by atoms with Gasteiger partial charge >= 0.3 is 0 Å². The molecule has 0 spiro atoms. The van der Waals surface area contributed by atoms with Gasteiger partial charge < -0.3 is 9.64 Å². The van der Waals surface area contributed by atoms with Crippen molar-refractivity contribution in [2.24, 2.45) is 0 Å². The highest BCUT2D eigenvalue weighted by molar-refractivity contribution is 6.00. The van der Waals surface area contributed by atoms with Crippen LogP contribution in [0.15, 0.2) is 18.2 Å². The molecule has 1 atom stereocenters. The van der Waals surface area contributed by atoms with Crippen molar-refractivity contribution < 1.29 is 9.53 Å². The molecule has 1 heterocycles. The number of anilines is 1. The number of rotatable bonds is 4. The second-order valence-corrected chi connectivity index (χ2v) is 4.56. The van der Waals surface area contributed by atoms with E-state index >= 15 is 0 Å². The molecule has 0 aromatic heterocycles. The lowest BCUT2D eigenvalue weighted by Crippen LogP contribution is -2.46. The number of ether oxygens (including phenoxy) is 1. The van der Waals surface area contributed by atoms with Crippen molar-refractivity contribution in [3.8, 4) is 6.07 Å². The predicted molar refractivity (Wildman–Crippen MR) is 72.9 cm³/mol. The molecule has 0 radical (unpaired) electrons. The highest BCUT2D eigenvalue weighted by Crippen LogP contribution is 2.31. The van der Waals surface area contributed by atoms with Gasteiger partial charge in [-0.3, -0.25) is 4.79 Å². The van der Waals surface area contributed by atoms with Gasteiger partial charge in [-0.1, -0.05) is 13.0 Å². The molecule has 4 heteroatoms. The maximum absolute atomic E-state index is 12.3. The molecule has 0 aliphatic carbocycles. The van der Waals surface area contributed by atoms with Gasteiger partial charge in [-0.15, -0.1) is 0 Å². The average Bonchev–Trinajstić information content (AvgIpc) is 2.44. The van der Waals surface area contributed by atoms with E-state index in [4.69, 9.17) is 4.74 Å². The van der Waals surface area contributed by atoms with Gasteiger partial charge in [-0.05, 0) is 31.0 Å². The van der Waals surface area contributed by atoms with E-state index in [1.807, 2.05) is 26.0 Å². The van der Waals surface area contributed by atoms with Gasteiger partial charge in [-0.25, -0.2) is 0 Å². The Morgan fingerprint density at radius 1 is 1.47 bits per heavy atom. The van der Waals surface area contributed by atoms with Crippen LogP contribution in [0.3, 0.4) is 0 Å². The largest absolute Gasteiger partial charge is 0.368 e. The Morgan fingerprint density at radius 3 is 2.89 bits per heavy atom. The predicted octanol–water partition coefficient (Wildman–Crippen LogP) is 2.26. The third kappa shape index (κ3) is 2.47. The van der Waals surface area contributed by atoms with Gasteiger partial charge in [0.25, 0.3) is 5.91 Å². The average molecular weight is 258 g/mol. The minimum atomic E-state index is -0.457. The molecular weight excluding hydrogens is 240 g/mol. The summed E-state index contributed by atoms with van der Waals surface area (Å²) >= 11 is 0. The van der Waals surface area contributed by atoms with Crippen molar-refractivity contribution >= 4 is 11.6 Å². The van der Waals surface area contributed by atoms with Crippen molar-refractivity contribution in [2.75, 3.05) is 18.1 Å². The highest BCUT2D eigenvalue weighted by Gasteiger charge is 2.33. The summed E-state index contributed by atoms with van der Waals surface area (Å²) in [7, 11) is 0. The standard InChI is InChI=1S/C15H18N2O2/c1-3-8-19-14-9-12-11(10-16)6-5-7-13(12)17(4-2)15(14)18/h5-7,14H,3-4,8-9H2,1-2H3. The molecule has 0 saturated carbocycles. The number of benzene rings is 1. The Balaban J connectivity index is 2.40. The first-order valence-electron chi connectivity index (χ1n) is 6.67. The summed E-state index contributed by atoms with van der Waals surface area (Å²) < 4.78 is 5.63. The molecule has 4 nitrogen and oxygen atoms in total. The fourth-order valence-electron chi connectivity index (χ4n) is 2.43. The Labute approximate surface area is 113 Å². The molecule has 1 aromatic carbocycles. The SMILES string of the molecule is CCCOC1Cc2c(C#N)cccc2N(CC)C1=O. The second-order valence-electron chi connectivity index (χ2n) is 4.56. The zero-order valence-corrected chi connectivity index (χ0v) is 11.3. The maximum atomic E-state index is 12.3. The van der Waals surface area contributed by atoms with Gasteiger partial charge in [0.05, 0.1) is 11.6 Å². The molecule has 0 fully saturated rings. The number of nitrogens with zero attached hydrogens (tertiary/aromatic N) is 2. The van der Waals surface area contributed by atoms with Crippen LogP contribution < -0.4 is 4.90 Å². The van der Waals surface area contributed by atoms with Crippen molar-refractivity contribution in [1.82, 2.24) is 0 Å². The third-order valence-corrected chi connectivity index (χ3v) is 3.33. The molecule has 0 saturated heterocycles. The summed E-state index contributed by atoms with van der Waals surface area (Å²) in [5.41, 5.74) is 2.41. The van der Waals surface area contributed by atoms with Gasteiger partial charge in [0.15, 0.2) is 0 Å². The molecule has 19 heavy (non-hydrogen) atoms. The lowest BCUT2D eigenvalue weighted by molar-refractivity contribution is -0.130.